The second kappa shape index (κ2) is 6.04. The monoisotopic (exact) mass is 296 g/mol. The number of ether oxygens (including phenoxy) is 1. The number of hydrogen-bond donors (Lipinski definition) is 3. The van der Waals surface area contributed by atoms with Crippen molar-refractivity contribution in [3.05, 3.63) is 41.7 Å². The van der Waals surface area contributed by atoms with E-state index < -0.39 is 10.0 Å². The molecule has 0 saturated heterocycles. The molecule has 0 atom stereocenters. The Morgan fingerprint density at radius 2 is 2.25 bits per heavy atom. The molecule has 108 valence electrons. The van der Waals surface area contributed by atoms with E-state index in [9.17, 15) is 8.42 Å². The molecule has 2 rings (SSSR count). The molecule has 7 nitrogen and oxygen atoms in total. The Balaban J connectivity index is 2.20. The number of nitrogens with zero attached hydrogens (tertiary/aromatic N) is 1. The first-order chi connectivity index (χ1) is 9.56. The van der Waals surface area contributed by atoms with Crippen LogP contribution in [0.15, 0.2) is 35.5 Å². The molecule has 0 aliphatic rings. The molecule has 8 heteroatoms. The van der Waals surface area contributed by atoms with Crippen molar-refractivity contribution in [2.45, 2.75) is 18.0 Å². The molecule has 2 aromatic rings. The average Bonchev–Trinajstić information content (AvgIpc) is 2.97. The van der Waals surface area contributed by atoms with Gasteiger partial charge in [0.1, 0.15) is 5.75 Å². The highest BCUT2D eigenvalue weighted by Gasteiger charge is 2.16. The van der Waals surface area contributed by atoms with Crippen LogP contribution in [0.1, 0.15) is 11.1 Å². The fourth-order valence-corrected chi connectivity index (χ4v) is 2.79. The Hall–Kier alpha value is -1.90. The number of benzene rings is 1. The topological polar surface area (TPSA) is 110 Å². The average molecular weight is 296 g/mol. The minimum atomic E-state index is -3.60. The van der Waals surface area contributed by atoms with E-state index in [2.05, 4.69) is 14.9 Å². The zero-order valence-corrected chi connectivity index (χ0v) is 11.8. The van der Waals surface area contributed by atoms with Crippen molar-refractivity contribution in [3.63, 3.8) is 0 Å². The summed E-state index contributed by atoms with van der Waals surface area (Å²) >= 11 is 0. The van der Waals surface area contributed by atoms with Gasteiger partial charge in [0.25, 0.3) is 0 Å². The fraction of sp³-hybridized carbons (Fsp3) is 0.250. The maximum absolute atomic E-state index is 12.2. The molecule has 4 N–H and O–H groups in total. The highest BCUT2D eigenvalue weighted by atomic mass is 32.2. The maximum Gasteiger partial charge on any atom is 0.240 e. The minimum Gasteiger partial charge on any atom is -0.496 e. The van der Waals surface area contributed by atoms with Crippen molar-refractivity contribution < 1.29 is 13.2 Å². The third-order valence-electron chi connectivity index (χ3n) is 2.80. The van der Waals surface area contributed by atoms with Gasteiger partial charge in [0.2, 0.25) is 10.0 Å². The summed E-state index contributed by atoms with van der Waals surface area (Å²) in [6, 6.07) is 4.58. The molecule has 0 saturated carbocycles. The van der Waals surface area contributed by atoms with Crippen molar-refractivity contribution in [1.29, 1.82) is 0 Å². The normalized spacial score (nSPS) is 11.5. The molecule has 0 bridgehead atoms. The van der Waals surface area contributed by atoms with E-state index >= 15 is 0 Å². The summed E-state index contributed by atoms with van der Waals surface area (Å²) in [6.07, 6.45) is 3.18. The van der Waals surface area contributed by atoms with Crippen molar-refractivity contribution in [3.8, 4) is 5.75 Å². The van der Waals surface area contributed by atoms with Gasteiger partial charge in [-0.25, -0.2) is 13.1 Å². The van der Waals surface area contributed by atoms with Crippen LogP contribution in [-0.4, -0.2) is 25.7 Å². The van der Waals surface area contributed by atoms with Crippen molar-refractivity contribution in [2.75, 3.05) is 7.11 Å². The quantitative estimate of drug-likeness (QED) is 0.712. The Bertz CT molecular complexity index is 668. The molecule has 0 fully saturated rings. The molecule has 0 unspecified atom stereocenters. The lowest BCUT2D eigenvalue weighted by molar-refractivity contribution is 0.409. The summed E-state index contributed by atoms with van der Waals surface area (Å²) in [6.45, 7) is 0.372. The minimum absolute atomic E-state index is 0.155. The van der Waals surface area contributed by atoms with Crippen LogP contribution in [0.5, 0.6) is 5.75 Å². The first-order valence-corrected chi connectivity index (χ1v) is 7.39. The van der Waals surface area contributed by atoms with E-state index in [0.29, 0.717) is 11.3 Å². The lowest BCUT2D eigenvalue weighted by Crippen LogP contribution is -2.23. The van der Waals surface area contributed by atoms with E-state index in [4.69, 9.17) is 10.5 Å². The van der Waals surface area contributed by atoms with Crippen LogP contribution in [0, 0.1) is 0 Å². The first-order valence-electron chi connectivity index (χ1n) is 5.91. The number of aromatic amines is 1. The van der Waals surface area contributed by atoms with Crippen LogP contribution in [-0.2, 0) is 23.1 Å². The van der Waals surface area contributed by atoms with Gasteiger partial charge < -0.3 is 10.5 Å². The third kappa shape index (κ3) is 3.16. The largest absolute Gasteiger partial charge is 0.496 e. The molecular formula is C12H16N4O3S. The van der Waals surface area contributed by atoms with Crippen LogP contribution in [0.25, 0.3) is 0 Å². The fourth-order valence-electron chi connectivity index (χ4n) is 1.72. The molecule has 1 aromatic carbocycles. The number of nitrogens with one attached hydrogen (secondary N) is 2. The molecule has 1 heterocycles. The van der Waals surface area contributed by atoms with Crippen LogP contribution in [0.4, 0.5) is 0 Å². The lowest BCUT2D eigenvalue weighted by atomic mass is 10.2. The van der Waals surface area contributed by atoms with E-state index in [0.717, 1.165) is 5.56 Å². The van der Waals surface area contributed by atoms with Gasteiger partial charge in [-0.2, -0.15) is 5.10 Å². The van der Waals surface area contributed by atoms with E-state index in [1.807, 2.05) is 0 Å². The van der Waals surface area contributed by atoms with Crippen LogP contribution < -0.4 is 15.2 Å². The third-order valence-corrected chi connectivity index (χ3v) is 4.20. The summed E-state index contributed by atoms with van der Waals surface area (Å²) in [5.74, 6) is 0.571. The predicted molar refractivity (Wildman–Crippen MR) is 73.5 cm³/mol. The lowest BCUT2D eigenvalue weighted by Gasteiger charge is -2.10. The van der Waals surface area contributed by atoms with Gasteiger partial charge in [0, 0.05) is 30.4 Å². The molecule has 0 aliphatic heterocycles. The number of aromatic nitrogens is 2. The van der Waals surface area contributed by atoms with Crippen molar-refractivity contribution in [2.24, 2.45) is 5.73 Å². The van der Waals surface area contributed by atoms with Gasteiger partial charge in [-0.1, -0.05) is 0 Å². The summed E-state index contributed by atoms with van der Waals surface area (Å²) in [5.41, 5.74) is 6.97. The molecule has 0 aliphatic carbocycles. The van der Waals surface area contributed by atoms with E-state index in [1.54, 1.807) is 18.5 Å². The smallest absolute Gasteiger partial charge is 0.240 e. The molecule has 20 heavy (non-hydrogen) atoms. The summed E-state index contributed by atoms with van der Waals surface area (Å²) < 4.78 is 32.0. The van der Waals surface area contributed by atoms with Gasteiger partial charge in [-0.05, 0) is 18.2 Å². The Morgan fingerprint density at radius 3 is 2.85 bits per heavy atom. The van der Waals surface area contributed by atoms with Gasteiger partial charge >= 0.3 is 0 Å². The van der Waals surface area contributed by atoms with Crippen LogP contribution >= 0.6 is 0 Å². The number of hydrogen-bond acceptors (Lipinski definition) is 5. The summed E-state index contributed by atoms with van der Waals surface area (Å²) in [4.78, 5) is 0.155. The molecule has 0 spiro atoms. The number of rotatable bonds is 6. The van der Waals surface area contributed by atoms with Gasteiger partial charge in [-0.3, -0.25) is 5.10 Å². The zero-order valence-electron chi connectivity index (χ0n) is 11.0. The summed E-state index contributed by atoms with van der Waals surface area (Å²) in [7, 11) is -2.08. The second-order valence-electron chi connectivity index (χ2n) is 4.11. The van der Waals surface area contributed by atoms with Crippen molar-refractivity contribution in [1.82, 2.24) is 14.9 Å². The predicted octanol–water partition coefficient (Wildman–Crippen LogP) is 0.355. The number of sulfonamides is 1. The van der Waals surface area contributed by atoms with Crippen LogP contribution in [0.3, 0.4) is 0 Å². The van der Waals surface area contributed by atoms with Crippen LogP contribution in [0.2, 0.25) is 0 Å². The van der Waals surface area contributed by atoms with E-state index in [1.165, 1.54) is 19.2 Å². The molecule has 0 amide bonds. The molecular weight excluding hydrogens is 280 g/mol. The second-order valence-corrected chi connectivity index (χ2v) is 5.88. The maximum atomic E-state index is 12.2. The molecule has 1 aromatic heterocycles. The Morgan fingerprint density at radius 1 is 1.45 bits per heavy atom. The Labute approximate surface area is 117 Å². The standard InChI is InChI=1S/C12H16N4O3S/c1-19-12-3-2-11(4-10(12)5-13)20(17,18)16-8-9-6-14-15-7-9/h2-4,6-7,16H,5,8,13H2,1H3,(H,14,15). The van der Waals surface area contributed by atoms with Gasteiger partial charge in [0.05, 0.1) is 18.2 Å². The van der Waals surface area contributed by atoms with E-state index in [-0.39, 0.29) is 18.0 Å². The number of nitrogens with two attached hydrogens (primary N) is 1. The highest BCUT2D eigenvalue weighted by molar-refractivity contribution is 7.89. The Kier molecular flexibility index (Phi) is 4.38. The van der Waals surface area contributed by atoms with Crippen molar-refractivity contribution >= 4 is 10.0 Å². The molecule has 0 radical (unpaired) electrons. The highest BCUT2D eigenvalue weighted by Crippen LogP contribution is 2.22. The zero-order chi connectivity index (χ0) is 14.6. The SMILES string of the molecule is COc1ccc(S(=O)(=O)NCc2cn[nH]c2)cc1CN. The first kappa shape index (κ1) is 14.5. The van der Waals surface area contributed by atoms with Gasteiger partial charge in [-0.15, -0.1) is 0 Å². The van der Waals surface area contributed by atoms with Gasteiger partial charge in [0.15, 0.2) is 0 Å². The summed E-state index contributed by atoms with van der Waals surface area (Å²) in [5, 5.41) is 6.37. The number of H-pyrrole nitrogens is 1. The number of methoxy groups -OCH3 is 1.